The molecule has 3 aromatic carbocycles. The molecule has 0 aliphatic carbocycles. The molecular formula is C21H17BrN2O5. The summed E-state index contributed by atoms with van der Waals surface area (Å²) in [6, 6.07) is 15.5. The van der Waals surface area contributed by atoms with Crippen molar-refractivity contribution >= 4 is 44.0 Å². The van der Waals surface area contributed by atoms with Crippen LogP contribution in [0.25, 0.3) is 10.8 Å². The van der Waals surface area contributed by atoms with Crippen molar-refractivity contribution in [1.29, 1.82) is 0 Å². The molecule has 0 unspecified atom stereocenters. The lowest BCUT2D eigenvalue weighted by Gasteiger charge is -2.28. The molecule has 0 spiro atoms. The van der Waals surface area contributed by atoms with E-state index in [0.29, 0.717) is 37.7 Å². The predicted octanol–water partition coefficient (Wildman–Crippen LogP) is 4.57. The number of morpholine rings is 1. The van der Waals surface area contributed by atoms with Gasteiger partial charge in [-0.2, -0.15) is 0 Å². The molecule has 1 heterocycles. The van der Waals surface area contributed by atoms with Crippen LogP contribution in [0.4, 0.5) is 11.4 Å². The Morgan fingerprint density at radius 3 is 2.52 bits per heavy atom. The Labute approximate surface area is 175 Å². The van der Waals surface area contributed by atoms with Gasteiger partial charge in [-0.3, -0.25) is 10.1 Å². The fourth-order valence-corrected chi connectivity index (χ4v) is 3.67. The van der Waals surface area contributed by atoms with E-state index in [9.17, 15) is 14.9 Å². The first kappa shape index (κ1) is 19.4. The van der Waals surface area contributed by atoms with Crippen LogP contribution >= 0.6 is 15.9 Å². The van der Waals surface area contributed by atoms with Gasteiger partial charge >= 0.3 is 5.97 Å². The summed E-state index contributed by atoms with van der Waals surface area (Å²) in [6.45, 7) is 2.16. The first-order valence-corrected chi connectivity index (χ1v) is 9.83. The van der Waals surface area contributed by atoms with E-state index in [1.807, 2.05) is 29.2 Å². The first-order valence-electron chi connectivity index (χ1n) is 9.04. The average Bonchev–Trinajstić information content (AvgIpc) is 2.74. The van der Waals surface area contributed by atoms with Gasteiger partial charge in [0.2, 0.25) is 0 Å². The van der Waals surface area contributed by atoms with Crippen LogP contribution in [0.5, 0.6) is 5.75 Å². The minimum atomic E-state index is -0.641. The van der Waals surface area contributed by atoms with Crippen LogP contribution in [0.15, 0.2) is 59.1 Å². The summed E-state index contributed by atoms with van der Waals surface area (Å²) in [6.07, 6.45) is 0. The highest BCUT2D eigenvalue weighted by Gasteiger charge is 2.24. The number of nitrogens with zero attached hydrogens (tertiary/aromatic N) is 2. The Morgan fingerprint density at radius 1 is 1.03 bits per heavy atom. The zero-order valence-corrected chi connectivity index (χ0v) is 16.9. The lowest BCUT2D eigenvalue weighted by Crippen LogP contribution is -2.36. The predicted molar refractivity (Wildman–Crippen MR) is 113 cm³/mol. The van der Waals surface area contributed by atoms with Crippen LogP contribution < -0.4 is 9.64 Å². The van der Waals surface area contributed by atoms with Crippen molar-refractivity contribution in [3.05, 3.63) is 74.7 Å². The molecule has 29 heavy (non-hydrogen) atoms. The lowest BCUT2D eigenvalue weighted by molar-refractivity contribution is -0.384. The van der Waals surface area contributed by atoms with Gasteiger partial charge in [-0.15, -0.1) is 0 Å². The summed E-state index contributed by atoms with van der Waals surface area (Å²) in [5.74, 6) is -0.261. The molecule has 1 fully saturated rings. The molecule has 0 aromatic heterocycles. The number of esters is 1. The summed E-state index contributed by atoms with van der Waals surface area (Å²) in [5.41, 5.74) is 0.487. The van der Waals surface area contributed by atoms with Crippen LogP contribution in [0.2, 0.25) is 0 Å². The van der Waals surface area contributed by atoms with E-state index in [4.69, 9.17) is 9.47 Å². The fourth-order valence-electron chi connectivity index (χ4n) is 3.29. The molecule has 148 valence electrons. The molecule has 0 amide bonds. The number of hydrogen-bond donors (Lipinski definition) is 0. The van der Waals surface area contributed by atoms with E-state index >= 15 is 0 Å². The number of halogens is 1. The monoisotopic (exact) mass is 456 g/mol. The smallest absolute Gasteiger partial charge is 0.343 e. The van der Waals surface area contributed by atoms with E-state index in [-0.39, 0.29) is 11.3 Å². The Bertz CT molecular complexity index is 1100. The normalized spacial score (nSPS) is 14.0. The number of rotatable bonds is 4. The van der Waals surface area contributed by atoms with Crippen LogP contribution in [0.3, 0.4) is 0 Å². The van der Waals surface area contributed by atoms with Crippen LogP contribution in [-0.4, -0.2) is 37.2 Å². The second kappa shape index (κ2) is 8.18. The molecule has 0 atom stereocenters. The molecule has 3 aromatic rings. The lowest BCUT2D eigenvalue weighted by atomic mass is 10.1. The van der Waals surface area contributed by atoms with Gasteiger partial charge in [-0.05, 0) is 47.2 Å². The number of carbonyl (C=O) groups is 1. The number of anilines is 1. The maximum absolute atomic E-state index is 12.6. The number of hydrogen-bond acceptors (Lipinski definition) is 6. The van der Waals surface area contributed by atoms with Crippen molar-refractivity contribution in [2.45, 2.75) is 0 Å². The Balaban J connectivity index is 1.59. The average molecular weight is 457 g/mol. The van der Waals surface area contributed by atoms with E-state index < -0.39 is 10.9 Å². The number of nitro benzene ring substituents is 1. The number of benzene rings is 3. The summed E-state index contributed by atoms with van der Waals surface area (Å²) in [4.78, 5) is 25.6. The molecule has 7 nitrogen and oxygen atoms in total. The van der Waals surface area contributed by atoms with Gasteiger partial charge in [-0.25, -0.2) is 4.79 Å². The maximum Gasteiger partial charge on any atom is 0.343 e. The fraction of sp³-hybridized carbons (Fsp3) is 0.190. The van der Waals surface area contributed by atoms with Gasteiger partial charge in [0.15, 0.2) is 0 Å². The van der Waals surface area contributed by atoms with Gasteiger partial charge in [0, 0.05) is 23.6 Å². The molecule has 8 heteroatoms. The molecule has 0 saturated carbocycles. The number of ether oxygens (including phenoxy) is 2. The summed E-state index contributed by atoms with van der Waals surface area (Å²) in [7, 11) is 0. The standard InChI is InChI=1S/C21H17BrN2O5/c22-17-4-1-15-12-18(5-2-14(15)11-17)29-21(25)16-3-6-19(20(13-16)24(26)27)23-7-9-28-10-8-23/h1-6,11-13H,7-10H2. The highest BCUT2D eigenvalue weighted by Crippen LogP contribution is 2.31. The van der Waals surface area contributed by atoms with Crippen molar-refractivity contribution in [3.8, 4) is 5.75 Å². The van der Waals surface area contributed by atoms with Crippen LogP contribution in [0, 0.1) is 10.1 Å². The van der Waals surface area contributed by atoms with Gasteiger partial charge in [0.05, 0.1) is 23.7 Å². The van der Waals surface area contributed by atoms with Crippen molar-refractivity contribution in [2.24, 2.45) is 0 Å². The number of carbonyl (C=O) groups excluding carboxylic acids is 1. The highest BCUT2D eigenvalue weighted by atomic mass is 79.9. The molecule has 1 saturated heterocycles. The third-order valence-corrected chi connectivity index (χ3v) is 5.24. The molecule has 1 aliphatic heterocycles. The van der Waals surface area contributed by atoms with Crippen LogP contribution in [0.1, 0.15) is 10.4 Å². The second-order valence-electron chi connectivity index (χ2n) is 6.60. The zero-order chi connectivity index (χ0) is 20.4. The topological polar surface area (TPSA) is 81.9 Å². The van der Waals surface area contributed by atoms with E-state index in [0.717, 1.165) is 15.2 Å². The molecular weight excluding hydrogens is 440 g/mol. The summed E-state index contributed by atoms with van der Waals surface area (Å²) < 4.78 is 11.7. The van der Waals surface area contributed by atoms with Gasteiger partial charge in [0.25, 0.3) is 5.69 Å². The van der Waals surface area contributed by atoms with Crippen molar-refractivity contribution in [2.75, 3.05) is 31.2 Å². The van der Waals surface area contributed by atoms with Gasteiger partial charge in [-0.1, -0.05) is 28.1 Å². The Morgan fingerprint density at radius 2 is 1.76 bits per heavy atom. The third-order valence-electron chi connectivity index (χ3n) is 4.74. The van der Waals surface area contributed by atoms with Gasteiger partial charge < -0.3 is 14.4 Å². The zero-order valence-electron chi connectivity index (χ0n) is 15.3. The Kier molecular flexibility index (Phi) is 5.46. The molecule has 0 radical (unpaired) electrons. The van der Waals surface area contributed by atoms with Crippen molar-refractivity contribution in [1.82, 2.24) is 0 Å². The number of fused-ring (bicyclic) bond motifs is 1. The SMILES string of the molecule is O=C(Oc1ccc2cc(Br)ccc2c1)c1ccc(N2CCOCC2)c([N+](=O)[O-])c1. The largest absolute Gasteiger partial charge is 0.423 e. The van der Waals surface area contributed by atoms with Crippen LogP contribution in [-0.2, 0) is 4.74 Å². The molecule has 1 aliphatic rings. The highest BCUT2D eigenvalue weighted by molar-refractivity contribution is 9.10. The quantitative estimate of drug-likeness (QED) is 0.247. The van der Waals surface area contributed by atoms with E-state index in [1.165, 1.54) is 6.07 Å². The molecule has 4 rings (SSSR count). The third kappa shape index (κ3) is 4.23. The van der Waals surface area contributed by atoms with Crippen molar-refractivity contribution in [3.63, 3.8) is 0 Å². The number of nitro groups is 1. The summed E-state index contributed by atoms with van der Waals surface area (Å²) >= 11 is 3.42. The molecule has 0 bridgehead atoms. The van der Waals surface area contributed by atoms with E-state index in [1.54, 1.807) is 24.3 Å². The maximum atomic E-state index is 12.6. The molecule has 0 N–H and O–H groups in total. The first-order chi connectivity index (χ1) is 14.0. The van der Waals surface area contributed by atoms with Gasteiger partial charge in [0.1, 0.15) is 11.4 Å². The van der Waals surface area contributed by atoms with E-state index in [2.05, 4.69) is 15.9 Å². The minimum Gasteiger partial charge on any atom is -0.423 e. The summed E-state index contributed by atoms with van der Waals surface area (Å²) in [5, 5.41) is 13.5. The Hall–Kier alpha value is -2.97. The minimum absolute atomic E-state index is 0.121. The second-order valence-corrected chi connectivity index (χ2v) is 7.52. The van der Waals surface area contributed by atoms with Crippen molar-refractivity contribution < 1.29 is 19.2 Å².